The summed E-state index contributed by atoms with van der Waals surface area (Å²) in [6, 6.07) is 7.62. The molecule has 8 heteroatoms. The summed E-state index contributed by atoms with van der Waals surface area (Å²) in [4.78, 5) is 20.5. The smallest absolute Gasteiger partial charge is 0.280 e. The van der Waals surface area contributed by atoms with E-state index in [2.05, 4.69) is 20.4 Å². The third-order valence-corrected chi connectivity index (χ3v) is 3.42. The molecule has 0 spiro atoms. The van der Waals surface area contributed by atoms with Gasteiger partial charge in [0.1, 0.15) is 11.5 Å². The van der Waals surface area contributed by atoms with Gasteiger partial charge in [-0.2, -0.15) is 0 Å². The van der Waals surface area contributed by atoms with Crippen LogP contribution in [0.1, 0.15) is 10.5 Å². The average molecular weight is 323 g/mol. The molecular weight excluding hydrogens is 313 g/mol. The van der Waals surface area contributed by atoms with Gasteiger partial charge < -0.3 is 8.92 Å². The number of hydrogen-bond donors (Lipinski definition) is 1. The van der Waals surface area contributed by atoms with Crippen LogP contribution >= 0.6 is 0 Å². The molecule has 1 aromatic carbocycles. The van der Waals surface area contributed by atoms with Crippen LogP contribution in [0.25, 0.3) is 16.9 Å². The van der Waals surface area contributed by atoms with Gasteiger partial charge in [-0.05, 0) is 12.1 Å². The van der Waals surface area contributed by atoms with Crippen molar-refractivity contribution in [3.8, 4) is 11.3 Å². The third-order valence-electron chi connectivity index (χ3n) is 3.42. The molecule has 0 saturated heterocycles. The molecule has 24 heavy (non-hydrogen) atoms. The van der Waals surface area contributed by atoms with Crippen molar-refractivity contribution in [2.45, 2.75) is 0 Å². The molecule has 0 aliphatic rings. The lowest BCUT2D eigenvalue weighted by Crippen LogP contribution is -2.14. The molecule has 0 atom stereocenters. The predicted octanol–water partition coefficient (Wildman–Crippen LogP) is 2.78. The van der Waals surface area contributed by atoms with Crippen LogP contribution in [0.15, 0.2) is 59.6 Å². The minimum atomic E-state index is -0.497. The molecule has 0 saturated carbocycles. The molecule has 0 unspecified atom stereocenters. The fourth-order valence-corrected chi connectivity index (χ4v) is 2.32. The van der Waals surface area contributed by atoms with Gasteiger partial charge in [0.05, 0.1) is 0 Å². The van der Waals surface area contributed by atoms with E-state index in [4.69, 9.17) is 4.52 Å². The van der Waals surface area contributed by atoms with Gasteiger partial charge in [0.15, 0.2) is 11.3 Å². The van der Waals surface area contributed by atoms with E-state index in [1.165, 1.54) is 18.3 Å². The molecule has 4 rings (SSSR count). The SMILES string of the molecule is O=C(Nc1cc(-c2ccccc2F)no1)c1nccn2ccnc12. The summed E-state index contributed by atoms with van der Waals surface area (Å²) in [7, 11) is 0. The summed E-state index contributed by atoms with van der Waals surface area (Å²) in [5, 5.41) is 6.32. The summed E-state index contributed by atoms with van der Waals surface area (Å²) >= 11 is 0. The normalized spacial score (nSPS) is 10.9. The van der Waals surface area contributed by atoms with Gasteiger partial charge in [0.2, 0.25) is 5.88 Å². The monoisotopic (exact) mass is 323 g/mol. The van der Waals surface area contributed by atoms with Gasteiger partial charge in [0.25, 0.3) is 5.91 Å². The van der Waals surface area contributed by atoms with Gasteiger partial charge in [-0.25, -0.2) is 14.4 Å². The van der Waals surface area contributed by atoms with Crippen LogP contribution in [0.4, 0.5) is 10.3 Å². The summed E-state index contributed by atoms with van der Waals surface area (Å²) in [6.07, 6.45) is 6.45. The first-order valence-corrected chi connectivity index (χ1v) is 7.03. The number of fused-ring (bicyclic) bond motifs is 1. The summed E-state index contributed by atoms with van der Waals surface area (Å²) in [6.45, 7) is 0. The summed E-state index contributed by atoms with van der Waals surface area (Å²) in [5.74, 6) is -0.829. The van der Waals surface area contributed by atoms with Gasteiger partial charge >= 0.3 is 0 Å². The van der Waals surface area contributed by atoms with E-state index in [0.29, 0.717) is 5.65 Å². The largest absolute Gasteiger partial charge is 0.338 e. The number of rotatable bonds is 3. The topological polar surface area (TPSA) is 85.3 Å². The minimum absolute atomic E-state index is 0.0913. The van der Waals surface area contributed by atoms with E-state index in [-0.39, 0.29) is 22.8 Å². The Hall–Kier alpha value is -3.55. The molecule has 4 aromatic rings. The van der Waals surface area contributed by atoms with Gasteiger partial charge in [-0.1, -0.05) is 17.3 Å². The number of carbonyl (C=O) groups excluding carboxylic acids is 1. The number of anilines is 1. The molecule has 3 aromatic heterocycles. The molecular formula is C16H10FN5O2. The Morgan fingerprint density at radius 2 is 1.96 bits per heavy atom. The van der Waals surface area contributed by atoms with Crippen molar-refractivity contribution >= 4 is 17.4 Å². The number of carbonyl (C=O) groups is 1. The maximum atomic E-state index is 13.8. The number of halogens is 1. The molecule has 1 amide bonds. The lowest BCUT2D eigenvalue weighted by molar-refractivity contribution is 0.102. The van der Waals surface area contributed by atoms with Crippen molar-refractivity contribution in [1.29, 1.82) is 0 Å². The van der Waals surface area contributed by atoms with E-state index in [9.17, 15) is 9.18 Å². The zero-order valence-corrected chi connectivity index (χ0v) is 12.2. The Labute approximate surface area is 134 Å². The second kappa shape index (κ2) is 5.58. The number of benzene rings is 1. The third kappa shape index (κ3) is 2.39. The van der Waals surface area contributed by atoms with Gasteiger partial charge in [-0.3, -0.25) is 10.1 Å². The Balaban J connectivity index is 1.61. The van der Waals surface area contributed by atoms with Crippen LogP contribution in [0.2, 0.25) is 0 Å². The van der Waals surface area contributed by atoms with Crippen molar-refractivity contribution in [1.82, 2.24) is 19.5 Å². The van der Waals surface area contributed by atoms with Crippen LogP contribution < -0.4 is 5.32 Å². The van der Waals surface area contributed by atoms with Crippen molar-refractivity contribution in [2.24, 2.45) is 0 Å². The molecule has 0 radical (unpaired) electrons. The predicted molar refractivity (Wildman–Crippen MR) is 82.8 cm³/mol. The second-order valence-electron chi connectivity index (χ2n) is 4.94. The Bertz CT molecular complexity index is 1040. The van der Waals surface area contributed by atoms with Crippen LogP contribution in [0, 0.1) is 5.82 Å². The Morgan fingerprint density at radius 1 is 1.17 bits per heavy atom. The van der Waals surface area contributed by atoms with Crippen molar-refractivity contribution < 1.29 is 13.7 Å². The van der Waals surface area contributed by atoms with Crippen LogP contribution in [-0.4, -0.2) is 25.4 Å². The molecule has 0 aliphatic heterocycles. The maximum absolute atomic E-state index is 13.8. The molecule has 118 valence electrons. The highest BCUT2D eigenvalue weighted by Gasteiger charge is 2.17. The summed E-state index contributed by atoms with van der Waals surface area (Å²) in [5.41, 5.74) is 1.14. The van der Waals surface area contributed by atoms with Crippen molar-refractivity contribution in [3.63, 3.8) is 0 Å². The quantitative estimate of drug-likeness (QED) is 0.626. The zero-order valence-electron chi connectivity index (χ0n) is 12.2. The molecule has 3 heterocycles. The minimum Gasteiger partial charge on any atom is -0.338 e. The van der Waals surface area contributed by atoms with Crippen LogP contribution in [0.3, 0.4) is 0 Å². The van der Waals surface area contributed by atoms with E-state index in [0.717, 1.165) is 0 Å². The zero-order chi connectivity index (χ0) is 16.5. The number of nitrogens with one attached hydrogen (secondary N) is 1. The molecule has 1 N–H and O–H groups in total. The number of amides is 1. The highest BCUT2D eigenvalue weighted by molar-refractivity contribution is 6.06. The molecule has 0 aliphatic carbocycles. The molecule has 0 fully saturated rings. The van der Waals surface area contributed by atoms with E-state index >= 15 is 0 Å². The first-order chi connectivity index (χ1) is 11.7. The summed E-state index contributed by atoms with van der Waals surface area (Å²) < 4.78 is 20.5. The van der Waals surface area contributed by atoms with Crippen molar-refractivity contribution in [3.05, 3.63) is 66.6 Å². The van der Waals surface area contributed by atoms with Crippen molar-refractivity contribution in [2.75, 3.05) is 5.32 Å². The first kappa shape index (κ1) is 14.1. The Kier molecular flexibility index (Phi) is 3.27. The number of aromatic nitrogens is 4. The highest BCUT2D eigenvalue weighted by atomic mass is 19.1. The van der Waals surface area contributed by atoms with Gasteiger partial charge in [-0.15, -0.1) is 0 Å². The highest BCUT2D eigenvalue weighted by Crippen LogP contribution is 2.24. The van der Waals surface area contributed by atoms with Gasteiger partial charge in [0, 0.05) is 36.4 Å². The second-order valence-corrected chi connectivity index (χ2v) is 4.94. The standard InChI is InChI=1S/C16H10FN5O2/c17-11-4-2-1-3-10(11)12-9-13(24-21-12)20-16(23)14-15-19-6-8-22(15)7-5-18-14/h1-9H,(H,20,23). The number of imidazole rings is 1. The first-order valence-electron chi connectivity index (χ1n) is 7.03. The maximum Gasteiger partial charge on any atom is 0.280 e. The Morgan fingerprint density at radius 3 is 2.79 bits per heavy atom. The van der Waals surface area contributed by atoms with Crippen LogP contribution in [-0.2, 0) is 0 Å². The average Bonchev–Trinajstić information content (AvgIpc) is 3.24. The fraction of sp³-hybridized carbons (Fsp3) is 0. The molecule has 7 nitrogen and oxygen atoms in total. The fourth-order valence-electron chi connectivity index (χ4n) is 2.32. The van der Waals surface area contributed by atoms with E-state index in [1.807, 2.05) is 0 Å². The lowest BCUT2D eigenvalue weighted by atomic mass is 10.1. The molecule has 0 bridgehead atoms. The van der Waals surface area contributed by atoms with E-state index < -0.39 is 11.7 Å². The number of hydrogen-bond acceptors (Lipinski definition) is 5. The number of nitrogens with zero attached hydrogens (tertiary/aromatic N) is 4. The van der Waals surface area contributed by atoms with E-state index in [1.54, 1.807) is 41.2 Å². The lowest BCUT2D eigenvalue weighted by Gasteiger charge is -2.01. The van der Waals surface area contributed by atoms with Crippen LogP contribution in [0.5, 0.6) is 0 Å².